The summed E-state index contributed by atoms with van der Waals surface area (Å²) in [5.74, 6) is -0.740. The number of nitrogens with zero attached hydrogens (tertiary/aromatic N) is 2. The number of carbonyl (C=O) groups excluding carboxylic acids is 2. The van der Waals surface area contributed by atoms with E-state index in [4.69, 9.17) is 0 Å². The standard InChI is InChI=1S/C32H41N3O4S/c1-8-28(31(37)33-32(5,6)7)34(21-26-17-14-23(2)15-18-26)30(36)22-35(29-19-16-24(3)20-25(29)4)40(38,39)27-12-10-9-11-13-27/h9-20,28H,8,21-22H2,1-7H3,(H,33,37)/t28-/m0/s1. The molecule has 0 saturated carbocycles. The van der Waals surface area contributed by atoms with E-state index in [-0.39, 0.29) is 17.3 Å². The zero-order chi connectivity index (χ0) is 29.7. The van der Waals surface area contributed by atoms with Gasteiger partial charge in [0.25, 0.3) is 10.0 Å². The average molecular weight is 564 g/mol. The summed E-state index contributed by atoms with van der Waals surface area (Å²) in [7, 11) is -4.09. The largest absolute Gasteiger partial charge is 0.350 e. The van der Waals surface area contributed by atoms with Gasteiger partial charge in [-0.1, -0.05) is 72.6 Å². The van der Waals surface area contributed by atoms with Crippen LogP contribution in [0.4, 0.5) is 5.69 Å². The van der Waals surface area contributed by atoms with Gasteiger partial charge in [0.15, 0.2) is 0 Å². The Kier molecular flexibility index (Phi) is 9.79. The first-order valence-corrected chi connectivity index (χ1v) is 15.0. The number of hydrogen-bond acceptors (Lipinski definition) is 4. The molecule has 0 aliphatic rings. The average Bonchev–Trinajstić information content (AvgIpc) is 2.88. The molecule has 3 aromatic rings. The van der Waals surface area contributed by atoms with Gasteiger partial charge in [-0.2, -0.15) is 0 Å². The summed E-state index contributed by atoms with van der Waals surface area (Å²) in [6.45, 7) is 13.0. The van der Waals surface area contributed by atoms with E-state index in [1.807, 2.05) is 84.9 Å². The molecule has 7 nitrogen and oxygen atoms in total. The van der Waals surface area contributed by atoms with E-state index in [0.29, 0.717) is 12.1 Å². The van der Waals surface area contributed by atoms with E-state index in [0.717, 1.165) is 26.6 Å². The lowest BCUT2D eigenvalue weighted by Gasteiger charge is -2.35. The Labute approximate surface area is 239 Å². The predicted octanol–water partition coefficient (Wildman–Crippen LogP) is 5.53. The number of rotatable bonds is 10. The summed E-state index contributed by atoms with van der Waals surface area (Å²) >= 11 is 0. The third kappa shape index (κ3) is 7.72. The molecule has 0 bridgehead atoms. The van der Waals surface area contributed by atoms with Crippen LogP contribution in [0.25, 0.3) is 0 Å². The topological polar surface area (TPSA) is 86.8 Å². The first kappa shape index (κ1) is 30.9. The summed E-state index contributed by atoms with van der Waals surface area (Å²) in [5.41, 5.74) is 3.57. The molecule has 1 N–H and O–H groups in total. The van der Waals surface area contributed by atoms with Crippen molar-refractivity contribution < 1.29 is 18.0 Å². The number of aryl methyl sites for hydroxylation is 3. The van der Waals surface area contributed by atoms with Gasteiger partial charge in [-0.05, 0) is 77.3 Å². The van der Waals surface area contributed by atoms with Crippen LogP contribution in [0, 0.1) is 20.8 Å². The van der Waals surface area contributed by atoms with Crippen molar-refractivity contribution in [2.45, 2.75) is 77.9 Å². The molecule has 1 atom stereocenters. The number of carbonyl (C=O) groups is 2. The Hall–Kier alpha value is -3.65. The van der Waals surface area contributed by atoms with Gasteiger partial charge >= 0.3 is 0 Å². The lowest BCUT2D eigenvalue weighted by Crippen LogP contribution is -2.55. The molecule has 0 heterocycles. The van der Waals surface area contributed by atoms with Gasteiger partial charge < -0.3 is 10.2 Å². The highest BCUT2D eigenvalue weighted by atomic mass is 32.2. The lowest BCUT2D eigenvalue weighted by atomic mass is 10.1. The summed E-state index contributed by atoms with van der Waals surface area (Å²) in [4.78, 5) is 29.2. The smallest absolute Gasteiger partial charge is 0.264 e. The molecular formula is C32H41N3O4S. The Balaban J connectivity index is 2.09. The monoisotopic (exact) mass is 563 g/mol. The minimum absolute atomic E-state index is 0.0883. The van der Waals surface area contributed by atoms with E-state index in [1.165, 1.54) is 17.0 Å². The van der Waals surface area contributed by atoms with Crippen molar-refractivity contribution in [3.63, 3.8) is 0 Å². The van der Waals surface area contributed by atoms with Crippen molar-refractivity contribution in [3.8, 4) is 0 Å². The van der Waals surface area contributed by atoms with Crippen molar-refractivity contribution >= 4 is 27.5 Å². The number of benzene rings is 3. The van der Waals surface area contributed by atoms with Gasteiger partial charge in [-0.25, -0.2) is 8.42 Å². The zero-order valence-corrected chi connectivity index (χ0v) is 25.4. The molecule has 0 radical (unpaired) electrons. The number of nitrogens with one attached hydrogen (secondary N) is 1. The van der Waals surface area contributed by atoms with E-state index >= 15 is 0 Å². The first-order valence-electron chi connectivity index (χ1n) is 13.5. The fraction of sp³-hybridized carbons (Fsp3) is 0.375. The fourth-order valence-electron chi connectivity index (χ4n) is 4.58. The molecule has 214 valence electrons. The molecule has 8 heteroatoms. The maximum atomic E-state index is 14.2. The second-order valence-electron chi connectivity index (χ2n) is 11.3. The summed E-state index contributed by atoms with van der Waals surface area (Å²) in [6, 6.07) is 20.5. The Morgan fingerprint density at radius 3 is 2.02 bits per heavy atom. The SMILES string of the molecule is CC[C@@H](C(=O)NC(C)(C)C)N(Cc1ccc(C)cc1)C(=O)CN(c1ccc(C)cc1C)S(=O)(=O)c1ccccc1. The fourth-order valence-corrected chi connectivity index (χ4v) is 6.08. The zero-order valence-electron chi connectivity index (χ0n) is 24.6. The van der Waals surface area contributed by atoms with Gasteiger partial charge in [0.05, 0.1) is 10.6 Å². The molecule has 3 aromatic carbocycles. The molecule has 2 amide bonds. The molecular weight excluding hydrogens is 522 g/mol. The number of sulfonamides is 1. The highest BCUT2D eigenvalue weighted by Crippen LogP contribution is 2.28. The van der Waals surface area contributed by atoms with E-state index in [9.17, 15) is 18.0 Å². The Morgan fingerprint density at radius 2 is 1.48 bits per heavy atom. The molecule has 40 heavy (non-hydrogen) atoms. The number of amides is 2. The minimum Gasteiger partial charge on any atom is -0.350 e. The van der Waals surface area contributed by atoms with E-state index in [2.05, 4.69) is 5.32 Å². The van der Waals surface area contributed by atoms with E-state index in [1.54, 1.807) is 24.3 Å². The highest BCUT2D eigenvalue weighted by Gasteiger charge is 2.35. The molecule has 0 fully saturated rings. The molecule has 0 saturated heterocycles. The molecule has 0 aliphatic heterocycles. The van der Waals surface area contributed by atoms with Crippen LogP contribution in [-0.2, 0) is 26.2 Å². The van der Waals surface area contributed by atoms with Crippen LogP contribution in [0.1, 0.15) is 56.4 Å². The number of hydrogen-bond donors (Lipinski definition) is 1. The third-order valence-electron chi connectivity index (χ3n) is 6.59. The summed E-state index contributed by atoms with van der Waals surface area (Å²) in [6.07, 6.45) is 0.370. The van der Waals surface area contributed by atoms with Gasteiger partial charge in [0.1, 0.15) is 12.6 Å². The van der Waals surface area contributed by atoms with Crippen LogP contribution in [0.3, 0.4) is 0 Å². The summed E-state index contributed by atoms with van der Waals surface area (Å²) < 4.78 is 29.1. The second kappa shape index (κ2) is 12.7. The van der Waals surface area contributed by atoms with Crippen LogP contribution in [0.5, 0.6) is 0 Å². The Bertz CT molecular complexity index is 1430. The van der Waals surface area contributed by atoms with Crippen LogP contribution in [0.15, 0.2) is 77.7 Å². The highest BCUT2D eigenvalue weighted by molar-refractivity contribution is 7.92. The van der Waals surface area contributed by atoms with Crippen molar-refractivity contribution in [1.82, 2.24) is 10.2 Å². The first-order chi connectivity index (χ1) is 18.7. The Morgan fingerprint density at radius 1 is 0.875 bits per heavy atom. The second-order valence-corrected chi connectivity index (χ2v) is 13.1. The van der Waals surface area contributed by atoms with Crippen molar-refractivity contribution in [1.29, 1.82) is 0 Å². The summed E-state index contributed by atoms with van der Waals surface area (Å²) in [5, 5.41) is 2.99. The van der Waals surface area contributed by atoms with Gasteiger partial charge in [0, 0.05) is 12.1 Å². The number of anilines is 1. The van der Waals surface area contributed by atoms with Crippen LogP contribution in [0.2, 0.25) is 0 Å². The lowest BCUT2D eigenvalue weighted by molar-refractivity contribution is -0.141. The maximum absolute atomic E-state index is 14.2. The predicted molar refractivity (Wildman–Crippen MR) is 161 cm³/mol. The van der Waals surface area contributed by atoms with Crippen molar-refractivity contribution in [2.75, 3.05) is 10.8 Å². The van der Waals surface area contributed by atoms with E-state index < -0.39 is 34.1 Å². The normalized spacial score (nSPS) is 12.5. The maximum Gasteiger partial charge on any atom is 0.264 e. The molecule has 0 unspecified atom stereocenters. The third-order valence-corrected chi connectivity index (χ3v) is 8.36. The van der Waals surface area contributed by atoms with Gasteiger partial charge in [0.2, 0.25) is 11.8 Å². The molecule has 3 rings (SSSR count). The van der Waals surface area contributed by atoms with Crippen LogP contribution >= 0.6 is 0 Å². The van der Waals surface area contributed by atoms with Crippen molar-refractivity contribution in [2.24, 2.45) is 0 Å². The van der Waals surface area contributed by atoms with Crippen molar-refractivity contribution in [3.05, 3.63) is 95.1 Å². The van der Waals surface area contributed by atoms with Gasteiger partial charge in [-0.3, -0.25) is 13.9 Å². The molecule has 0 aromatic heterocycles. The molecule has 0 aliphatic carbocycles. The van der Waals surface area contributed by atoms with Crippen LogP contribution in [-0.4, -0.2) is 43.3 Å². The minimum atomic E-state index is -4.09. The quantitative estimate of drug-likeness (QED) is 0.352. The van der Waals surface area contributed by atoms with Gasteiger partial charge in [-0.15, -0.1) is 0 Å². The molecule has 0 spiro atoms. The van der Waals surface area contributed by atoms with Crippen LogP contribution < -0.4 is 9.62 Å².